The Kier molecular flexibility index (Phi) is 6.72. The number of nitrogens with zero attached hydrogens (tertiary/aromatic N) is 2. The molecule has 140 valence electrons. The quantitative estimate of drug-likeness (QED) is 0.851. The minimum Gasteiger partial charge on any atom is -0.467 e. The van der Waals surface area contributed by atoms with Crippen LogP contribution in [-0.4, -0.2) is 42.5 Å². The number of carbonyl (C=O) groups excluding carboxylic acids is 1. The van der Waals surface area contributed by atoms with Crippen molar-refractivity contribution in [1.82, 2.24) is 15.1 Å². The second-order valence-corrected chi connectivity index (χ2v) is 7.00. The predicted molar refractivity (Wildman–Crippen MR) is 103 cm³/mol. The molecule has 0 saturated carbocycles. The van der Waals surface area contributed by atoms with E-state index in [1.807, 2.05) is 18.2 Å². The summed E-state index contributed by atoms with van der Waals surface area (Å²) in [5.41, 5.74) is 1.27. The molecule has 3 rings (SSSR count). The topological polar surface area (TPSA) is 48.7 Å². The van der Waals surface area contributed by atoms with Crippen molar-refractivity contribution >= 4 is 6.03 Å². The summed E-state index contributed by atoms with van der Waals surface area (Å²) >= 11 is 0. The number of benzene rings is 1. The molecule has 26 heavy (non-hydrogen) atoms. The number of rotatable bonds is 6. The molecule has 2 amide bonds. The second kappa shape index (κ2) is 9.43. The van der Waals surface area contributed by atoms with Crippen LogP contribution in [0, 0.1) is 0 Å². The van der Waals surface area contributed by atoms with Gasteiger partial charge in [0.15, 0.2) is 0 Å². The molecule has 0 unspecified atom stereocenters. The second-order valence-electron chi connectivity index (χ2n) is 7.00. The minimum absolute atomic E-state index is 0.0721. The normalized spacial score (nSPS) is 16.7. The largest absolute Gasteiger partial charge is 0.467 e. The molecule has 1 N–H and O–H groups in total. The lowest BCUT2D eigenvalue weighted by atomic mass is 10.0. The van der Waals surface area contributed by atoms with Crippen LogP contribution in [0.3, 0.4) is 0 Å². The van der Waals surface area contributed by atoms with Crippen LogP contribution in [0.15, 0.2) is 53.1 Å². The molecular weight excluding hydrogens is 326 g/mol. The summed E-state index contributed by atoms with van der Waals surface area (Å²) in [7, 11) is 1.79. The zero-order valence-electron chi connectivity index (χ0n) is 15.6. The monoisotopic (exact) mass is 355 g/mol. The number of hydrogen-bond donors (Lipinski definition) is 1. The fourth-order valence-electron chi connectivity index (χ4n) is 3.57. The fraction of sp³-hybridized carbons (Fsp3) is 0.476. The van der Waals surface area contributed by atoms with Gasteiger partial charge in [0.1, 0.15) is 5.76 Å². The van der Waals surface area contributed by atoms with Crippen LogP contribution in [0.25, 0.3) is 0 Å². The van der Waals surface area contributed by atoms with E-state index in [0.29, 0.717) is 13.1 Å². The first-order valence-corrected chi connectivity index (χ1v) is 9.54. The maximum atomic E-state index is 12.5. The highest BCUT2D eigenvalue weighted by Gasteiger charge is 2.22. The van der Waals surface area contributed by atoms with Crippen LogP contribution < -0.4 is 5.32 Å². The van der Waals surface area contributed by atoms with Gasteiger partial charge < -0.3 is 14.6 Å². The Hall–Kier alpha value is -2.27. The van der Waals surface area contributed by atoms with E-state index >= 15 is 0 Å². The predicted octanol–water partition coefficient (Wildman–Crippen LogP) is 4.04. The lowest BCUT2D eigenvalue weighted by Crippen LogP contribution is -2.43. The van der Waals surface area contributed by atoms with E-state index in [-0.39, 0.29) is 12.1 Å². The maximum Gasteiger partial charge on any atom is 0.317 e. The van der Waals surface area contributed by atoms with Gasteiger partial charge in [-0.25, -0.2) is 4.79 Å². The van der Waals surface area contributed by atoms with Crippen molar-refractivity contribution in [3.63, 3.8) is 0 Å². The molecule has 1 fully saturated rings. The number of amides is 2. The molecule has 0 bridgehead atoms. The van der Waals surface area contributed by atoms with Gasteiger partial charge >= 0.3 is 6.03 Å². The van der Waals surface area contributed by atoms with E-state index in [1.165, 1.54) is 31.2 Å². The average molecular weight is 355 g/mol. The molecule has 0 spiro atoms. The first-order valence-electron chi connectivity index (χ1n) is 9.54. The molecule has 1 aliphatic rings. The van der Waals surface area contributed by atoms with Gasteiger partial charge in [0.05, 0.1) is 18.8 Å². The van der Waals surface area contributed by atoms with Gasteiger partial charge in [-0.15, -0.1) is 0 Å². The van der Waals surface area contributed by atoms with Crippen molar-refractivity contribution in [2.75, 3.05) is 26.7 Å². The number of hydrogen-bond acceptors (Lipinski definition) is 3. The van der Waals surface area contributed by atoms with Crippen LogP contribution in [0.2, 0.25) is 0 Å². The Morgan fingerprint density at radius 3 is 2.50 bits per heavy atom. The van der Waals surface area contributed by atoms with Crippen molar-refractivity contribution in [1.29, 1.82) is 0 Å². The molecule has 5 heteroatoms. The smallest absolute Gasteiger partial charge is 0.317 e. The molecule has 1 aromatic heterocycles. The highest BCUT2D eigenvalue weighted by atomic mass is 16.3. The SMILES string of the molecule is CN(Cc1ccco1)C(=O)NC[C@H](c1ccccc1)N1CCCCCC1. The van der Waals surface area contributed by atoms with Crippen LogP contribution in [0.4, 0.5) is 4.79 Å². The molecule has 1 saturated heterocycles. The third-order valence-corrected chi connectivity index (χ3v) is 5.03. The van der Waals surface area contributed by atoms with Gasteiger partial charge in [0, 0.05) is 13.6 Å². The molecule has 1 atom stereocenters. The van der Waals surface area contributed by atoms with Crippen molar-refractivity contribution in [2.45, 2.75) is 38.3 Å². The summed E-state index contributed by atoms with van der Waals surface area (Å²) in [5, 5.41) is 3.11. The molecule has 0 aliphatic carbocycles. The van der Waals surface area contributed by atoms with Crippen molar-refractivity contribution in [3.8, 4) is 0 Å². The highest BCUT2D eigenvalue weighted by molar-refractivity contribution is 5.73. The Morgan fingerprint density at radius 2 is 1.85 bits per heavy atom. The van der Waals surface area contributed by atoms with Gasteiger partial charge in [0.2, 0.25) is 0 Å². The molecule has 1 aliphatic heterocycles. The summed E-state index contributed by atoms with van der Waals surface area (Å²) < 4.78 is 5.33. The van der Waals surface area contributed by atoms with E-state index < -0.39 is 0 Å². The lowest BCUT2D eigenvalue weighted by Gasteiger charge is -2.31. The first kappa shape index (κ1) is 18.5. The van der Waals surface area contributed by atoms with Crippen LogP contribution in [0.1, 0.15) is 43.0 Å². The van der Waals surface area contributed by atoms with Crippen molar-refractivity contribution < 1.29 is 9.21 Å². The highest BCUT2D eigenvalue weighted by Crippen LogP contribution is 2.23. The third-order valence-electron chi connectivity index (χ3n) is 5.03. The fourth-order valence-corrected chi connectivity index (χ4v) is 3.57. The lowest BCUT2D eigenvalue weighted by molar-refractivity contribution is 0.181. The van der Waals surface area contributed by atoms with Gasteiger partial charge in [-0.3, -0.25) is 4.90 Å². The van der Waals surface area contributed by atoms with Crippen molar-refractivity contribution in [2.24, 2.45) is 0 Å². The summed E-state index contributed by atoms with van der Waals surface area (Å²) in [6.45, 7) is 3.28. The molecule has 5 nitrogen and oxygen atoms in total. The zero-order valence-corrected chi connectivity index (χ0v) is 15.6. The maximum absolute atomic E-state index is 12.5. The van der Waals surface area contributed by atoms with E-state index in [2.05, 4.69) is 34.5 Å². The Labute approximate surface area is 156 Å². The number of urea groups is 1. The standard InChI is InChI=1S/C21H29N3O2/c1-23(17-19-12-9-15-26-19)21(25)22-16-20(18-10-5-4-6-11-18)24-13-7-2-3-8-14-24/h4-6,9-12,15,20H,2-3,7-8,13-14,16-17H2,1H3,(H,22,25)/t20-/m1/s1. The van der Waals surface area contributed by atoms with Crippen molar-refractivity contribution in [3.05, 3.63) is 60.1 Å². The van der Waals surface area contributed by atoms with Gasteiger partial charge in [-0.1, -0.05) is 43.2 Å². The van der Waals surface area contributed by atoms with Gasteiger partial charge in [-0.2, -0.15) is 0 Å². The molecule has 2 aromatic rings. The summed E-state index contributed by atoms with van der Waals surface area (Å²) in [6.07, 6.45) is 6.70. The van der Waals surface area contributed by atoms with E-state index in [1.54, 1.807) is 18.2 Å². The van der Waals surface area contributed by atoms with Gasteiger partial charge in [0.25, 0.3) is 0 Å². The number of furan rings is 1. The van der Waals surface area contributed by atoms with E-state index in [9.17, 15) is 4.79 Å². The molecule has 2 heterocycles. The summed E-state index contributed by atoms with van der Waals surface area (Å²) in [5.74, 6) is 0.787. The zero-order chi connectivity index (χ0) is 18.2. The molecular formula is C21H29N3O2. The van der Waals surface area contributed by atoms with Crippen LogP contribution in [-0.2, 0) is 6.54 Å². The Morgan fingerprint density at radius 1 is 1.12 bits per heavy atom. The first-order chi connectivity index (χ1) is 12.7. The minimum atomic E-state index is -0.0721. The Bertz CT molecular complexity index is 649. The average Bonchev–Trinajstić information content (AvgIpc) is 3.03. The van der Waals surface area contributed by atoms with E-state index in [4.69, 9.17) is 4.42 Å². The van der Waals surface area contributed by atoms with E-state index in [0.717, 1.165) is 18.8 Å². The summed E-state index contributed by atoms with van der Waals surface area (Å²) in [6, 6.07) is 14.4. The van der Waals surface area contributed by atoms with Crippen LogP contribution in [0.5, 0.6) is 0 Å². The number of nitrogens with one attached hydrogen (secondary N) is 1. The number of likely N-dealkylation sites (tertiary alicyclic amines) is 1. The molecule has 0 radical (unpaired) electrons. The Balaban J connectivity index is 1.62. The van der Waals surface area contributed by atoms with Crippen LogP contribution >= 0.6 is 0 Å². The number of carbonyl (C=O) groups is 1. The van der Waals surface area contributed by atoms with Gasteiger partial charge in [-0.05, 0) is 43.6 Å². The third kappa shape index (κ3) is 5.11. The summed E-state index contributed by atoms with van der Waals surface area (Å²) in [4.78, 5) is 16.7. The molecule has 1 aromatic carbocycles.